The molecule has 0 fully saturated rings. The molecule has 0 saturated heterocycles. The van der Waals surface area contributed by atoms with Crippen molar-refractivity contribution in [3.05, 3.63) is 58.5 Å². The topological polar surface area (TPSA) is 69.4 Å². The molecule has 0 bridgehead atoms. The summed E-state index contributed by atoms with van der Waals surface area (Å²) in [5.74, 6) is -0.676. The number of ketones is 1. The van der Waals surface area contributed by atoms with E-state index in [-0.39, 0.29) is 35.9 Å². The number of benzene rings is 1. The summed E-state index contributed by atoms with van der Waals surface area (Å²) in [6.45, 7) is 1.78. The Balaban J connectivity index is 1.52. The van der Waals surface area contributed by atoms with Crippen LogP contribution < -0.4 is 4.74 Å². The molecule has 4 rings (SSSR count). The van der Waals surface area contributed by atoms with Gasteiger partial charge in [0.2, 0.25) is 0 Å². The molecular formula is C19H14FNO4S. The highest BCUT2D eigenvalue weighted by atomic mass is 32.1. The third-order valence-corrected chi connectivity index (χ3v) is 5.16. The van der Waals surface area contributed by atoms with Gasteiger partial charge in [0.05, 0.1) is 23.9 Å². The Labute approximate surface area is 152 Å². The number of hydrogen-bond acceptors (Lipinski definition) is 6. The molecule has 1 aliphatic carbocycles. The minimum Gasteiger partial charge on any atom is -0.462 e. The number of Topliss-reactive ketones (excluding diaryl/α,β-unsaturated/α-hetero) is 1. The lowest BCUT2D eigenvalue weighted by molar-refractivity contribution is -0.133. The Morgan fingerprint density at radius 3 is 3.04 bits per heavy atom. The lowest BCUT2D eigenvalue weighted by Crippen LogP contribution is -2.13. The van der Waals surface area contributed by atoms with Crippen LogP contribution in [-0.4, -0.2) is 16.7 Å². The summed E-state index contributed by atoms with van der Waals surface area (Å²) in [7, 11) is 0. The standard InChI is InChI=1S/C19H14FNO4S/c1-10-7-13(22)18-14(5-4-12(20)17(10)18)25-16(23)8-11-9-26-19(21-11)15-3-2-6-24-15/h2-6,9-10H,7-8H2,1H3. The molecular weight excluding hydrogens is 357 g/mol. The fourth-order valence-electron chi connectivity index (χ4n) is 3.12. The molecule has 2 heterocycles. The first-order valence-electron chi connectivity index (χ1n) is 8.07. The zero-order valence-electron chi connectivity index (χ0n) is 13.8. The van der Waals surface area contributed by atoms with Gasteiger partial charge in [-0.3, -0.25) is 9.59 Å². The zero-order chi connectivity index (χ0) is 18.3. The van der Waals surface area contributed by atoms with Crippen LogP contribution >= 0.6 is 11.3 Å². The maximum absolute atomic E-state index is 14.0. The third-order valence-electron chi connectivity index (χ3n) is 4.25. The van der Waals surface area contributed by atoms with Crippen LogP contribution in [0.1, 0.15) is 40.9 Å². The number of fused-ring (bicyclic) bond motifs is 1. The normalized spacial score (nSPS) is 15.9. The van der Waals surface area contributed by atoms with E-state index in [2.05, 4.69) is 4.98 Å². The summed E-state index contributed by atoms with van der Waals surface area (Å²) in [5.41, 5.74) is 1.05. The van der Waals surface area contributed by atoms with Crippen molar-refractivity contribution in [1.29, 1.82) is 0 Å². The van der Waals surface area contributed by atoms with E-state index >= 15 is 0 Å². The molecule has 0 radical (unpaired) electrons. The lowest BCUT2D eigenvalue weighted by Gasteiger charge is -2.10. The molecule has 132 valence electrons. The van der Waals surface area contributed by atoms with Crippen LogP contribution in [0.5, 0.6) is 5.75 Å². The van der Waals surface area contributed by atoms with E-state index in [0.717, 1.165) is 0 Å². The number of esters is 1. The van der Waals surface area contributed by atoms with E-state index in [0.29, 0.717) is 22.0 Å². The van der Waals surface area contributed by atoms with Crippen molar-refractivity contribution >= 4 is 23.1 Å². The molecule has 1 unspecified atom stereocenters. The smallest absolute Gasteiger partial charge is 0.317 e. The van der Waals surface area contributed by atoms with E-state index in [1.165, 1.54) is 23.5 Å². The molecule has 1 aliphatic rings. The fourth-order valence-corrected chi connectivity index (χ4v) is 3.90. The van der Waals surface area contributed by atoms with Crippen molar-refractivity contribution < 1.29 is 23.1 Å². The minimum absolute atomic E-state index is 0.0485. The maximum atomic E-state index is 14.0. The van der Waals surface area contributed by atoms with Gasteiger partial charge in [0, 0.05) is 17.4 Å². The summed E-state index contributed by atoms with van der Waals surface area (Å²) in [4.78, 5) is 28.8. The molecule has 2 aromatic heterocycles. The molecule has 3 aromatic rings. The van der Waals surface area contributed by atoms with Gasteiger partial charge in [-0.2, -0.15) is 0 Å². The van der Waals surface area contributed by atoms with Gasteiger partial charge in [0.1, 0.15) is 11.6 Å². The molecule has 0 saturated carbocycles. The SMILES string of the molecule is CC1CC(=O)c2c(OC(=O)Cc3csc(-c4ccco4)n3)ccc(F)c21. The van der Waals surface area contributed by atoms with Crippen LogP contribution in [0.15, 0.2) is 40.3 Å². The Hall–Kier alpha value is -2.80. The maximum Gasteiger partial charge on any atom is 0.317 e. The predicted octanol–water partition coefficient (Wildman–Crippen LogP) is 4.38. The van der Waals surface area contributed by atoms with Crippen molar-refractivity contribution in [3.8, 4) is 16.5 Å². The van der Waals surface area contributed by atoms with Gasteiger partial charge >= 0.3 is 5.97 Å². The Bertz CT molecular complexity index is 993. The average molecular weight is 371 g/mol. The van der Waals surface area contributed by atoms with E-state index in [9.17, 15) is 14.0 Å². The summed E-state index contributed by atoms with van der Waals surface area (Å²) in [6, 6.07) is 6.11. The number of carbonyl (C=O) groups excluding carboxylic acids is 2. The van der Waals surface area contributed by atoms with Crippen LogP contribution in [0, 0.1) is 5.82 Å². The van der Waals surface area contributed by atoms with Gasteiger partial charge in [0.25, 0.3) is 0 Å². The summed E-state index contributed by atoms with van der Waals surface area (Å²) >= 11 is 1.36. The van der Waals surface area contributed by atoms with Gasteiger partial charge in [0.15, 0.2) is 16.6 Å². The number of nitrogens with zero attached hydrogens (tertiary/aromatic N) is 1. The van der Waals surface area contributed by atoms with Crippen LogP contribution in [0.3, 0.4) is 0 Å². The monoisotopic (exact) mass is 371 g/mol. The van der Waals surface area contributed by atoms with Crippen LogP contribution in [-0.2, 0) is 11.2 Å². The van der Waals surface area contributed by atoms with Crippen molar-refractivity contribution in [3.63, 3.8) is 0 Å². The molecule has 26 heavy (non-hydrogen) atoms. The van der Waals surface area contributed by atoms with Crippen molar-refractivity contribution in [2.24, 2.45) is 0 Å². The largest absolute Gasteiger partial charge is 0.462 e. The second-order valence-electron chi connectivity index (χ2n) is 6.13. The Morgan fingerprint density at radius 2 is 2.27 bits per heavy atom. The quantitative estimate of drug-likeness (QED) is 0.503. The Kier molecular flexibility index (Phi) is 4.16. The van der Waals surface area contributed by atoms with Crippen LogP contribution in [0.2, 0.25) is 0 Å². The first-order valence-corrected chi connectivity index (χ1v) is 8.95. The number of halogens is 1. The van der Waals surface area contributed by atoms with E-state index in [1.807, 2.05) is 0 Å². The van der Waals surface area contributed by atoms with Crippen LogP contribution in [0.4, 0.5) is 4.39 Å². The molecule has 0 spiro atoms. The molecule has 0 aliphatic heterocycles. The first kappa shape index (κ1) is 16.7. The van der Waals surface area contributed by atoms with Crippen LogP contribution in [0.25, 0.3) is 10.8 Å². The van der Waals surface area contributed by atoms with Crippen molar-refractivity contribution in [2.75, 3.05) is 0 Å². The fraction of sp³-hybridized carbons (Fsp3) is 0.211. The van der Waals surface area contributed by atoms with Gasteiger partial charge in [-0.25, -0.2) is 9.37 Å². The highest BCUT2D eigenvalue weighted by Crippen LogP contribution is 2.39. The minimum atomic E-state index is -0.553. The van der Waals surface area contributed by atoms with Gasteiger partial charge in [-0.15, -0.1) is 11.3 Å². The predicted molar refractivity (Wildman–Crippen MR) is 92.9 cm³/mol. The van der Waals surface area contributed by atoms with Gasteiger partial charge < -0.3 is 9.15 Å². The number of aromatic nitrogens is 1. The highest BCUT2D eigenvalue weighted by Gasteiger charge is 2.33. The van der Waals surface area contributed by atoms with Gasteiger partial charge in [-0.1, -0.05) is 6.92 Å². The lowest BCUT2D eigenvalue weighted by atomic mass is 10.0. The molecule has 5 nitrogen and oxygen atoms in total. The second-order valence-corrected chi connectivity index (χ2v) is 6.99. The zero-order valence-corrected chi connectivity index (χ0v) is 14.6. The summed E-state index contributed by atoms with van der Waals surface area (Å²) in [6.07, 6.45) is 1.73. The van der Waals surface area contributed by atoms with E-state index in [4.69, 9.17) is 9.15 Å². The molecule has 7 heteroatoms. The highest BCUT2D eigenvalue weighted by molar-refractivity contribution is 7.13. The molecule has 0 amide bonds. The average Bonchev–Trinajstić information content (AvgIpc) is 3.31. The molecule has 1 atom stereocenters. The first-order chi connectivity index (χ1) is 12.5. The summed E-state index contributed by atoms with van der Waals surface area (Å²) < 4.78 is 24.6. The Morgan fingerprint density at radius 1 is 1.42 bits per heavy atom. The number of hydrogen-bond donors (Lipinski definition) is 0. The number of thiazole rings is 1. The van der Waals surface area contributed by atoms with E-state index < -0.39 is 11.8 Å². The third kappa shape index (κ3) is 2.94. The number of rotatable bonds is 4. The number of furan rings is 1. The summed E-state index contributed by atoms with van der Waals surface area (Å²) in [5, 5.41) is 2.42. The van der Waals surface area contributed by atoms with Crippen molar-refractivity contribution in [1.82, 2.24) is 4.98 Å². The van der Waals surface area contributed by atoms with Crippen molar-refractivity contribution in [2.45, 2.75) is 25.7 Å². The molecule has 0 N–H and O–H groups in total. The number of carbonyl (C=O) groups is 2. The van der Waals surface area contributed by atoms with E-state index in [1.54, 1.807) is 30.7 Å². The molecule has 1 aromatic carbocycles. The van der Waals surface area contributed by atoms with Gasteiger partial charge in [-0.05, 0) is 30.2 Å². The second kappa shape index (κ2) is 6.49. The number of ether oxygens (including phenoxy) is 1.